The van der Waals surface area contributed by atoms with Gasteiger partial charge in [0.05, 0.1) is 12.7 Å². The number of rotatable bonds is 6. The maximum absolute atomic E-state index is 5.69. The van der Waals surface area contributed by atoms with E-state index >= 15 is 0 Å². The molecule has 1 aliphatic carbocycles. The lowest BCUT2D eigenvalue weighted by atomic mass is 9.85. The summed E-state index contributed by atoms with van der Waals surface area (Å²) >= 11 is 0. The van der Waals surface area contributed by atoms with E-state index in [1.807, 2.05) is 13.0 Å². The third-order valence-corrected chi connectivity index (χ3v) is 3.42. The van der Waals surface area contributed by atoms with Crippen LogP contribution in [0, 0.1) is 5.92 Å². The van der Waals surface area contributed by atoms with Crippen molar-refractivity contribution < 1.29 is 4.74 Å². The highest BCUT2D eigenvalue weighted by Crippen LogP contribution is 2.27. The molecule has 0 spiro atoms. The standard InChI is InChI=1S/C14H26O/c1-3-4-12-15-13(2)10-11-14-8-6-5-7-9-14/h3-4,13-14H,5-12H2,1-2H3. The molecule has 0 bridgehead atoms. The fourth-order valence-corrected chi connectivity index (χ4v) is 2.35. The first-order valence-corrected chi connectivity index (χ1v) is 6.55. The van der Waals surface area contributed by atoms with Crippen LogP contribution in [0.5, 0.6) is 0 Å². The molecule has 1 atom stereocenters. The Bertz CT molecular complexity index is 168. The second-order valence-corrected chi connectivity index (χ2v) is 4.79. The molecule has 0 saturated heterocycles. The summed E-state index contributed by atoms with van der Waals surface area (Å²) in [5, 5.41) is 0. The van der Waals surface area contributed by atoms with Crippen molar-refractivity contribution >= 4 is 0 Å². The van der Waals surface area contributed by atoms with Crippen molar-refractivity contribution in [3.05, 3.63) is 12.2 Å². The fraction of sp³-hybridized carbons (Fsp3) is 0.857. The van der Waals surface area contributed by atoms with E-state index in [9.17, 15) is 0 Å². The van der Waals surface area contributed by atoms with Crippen molar-refractivity contribution in [1.29, 1.82) is 0 Å². The smallest absolute Gasteiger partial charge is 0.0650 e. The van der Waals surface area contributed by atoms with Crippen LogP contribution >= 0.6 is 0 Å². The zero-order valence-electron chi connectivity index (χ0n) is 10.4. The molecule has 1 aliphatic rings. The van der Waals surface area contributed by atoms with E-state index in [4.69, 9.17) is 4.74 Å². The van der Waals surface area contributed by atoms with Gasteiger partial charge in [0.1, 0.15) is 0 Å². The van der Waals surface area contributed by atoms with Crippen LogP contribution in [0.1, 0.15) is 58.8 Å². The van der Waals surface area contributed by atoms with E-state index in [1.54, 1.807) is 0 Å². The Morgan fingerprint density at radius 2 is 2.00 bits per heavy atom. The summed E-state index contributed by atoms with van der Waals surface area (Å²) < 4.78 is 5.69. The monoisotopic (exact) mass is 210 g/mol. The van der Waals surface area contributed by atoms with E-state index in [0.717, 1.165) is 12.5 Å². The predicted molar refractivity (Wildman–Crippen MR) is 66.0 cm³/mol. The van der Waals surface area contributed by atoms with Gasteiger partial charge < -0.3 is 4.74 Å². The first-order valence-electron chi connectivity index (χ1n) is 6.55. The number of hydrogen-bond donors (Lipinski definition) is 0. The average Bonchev–Trinajstić information content (AvgIpc) is 2.28. The van der Waals surface area contributed by atoms with E-state index in [1.165, 1.54) is 44.9 Å². The molecular formula is C14H26O. The maximum atomic E-state index is 5.69. The SMILES string of the molecule is CC=CCOC(C)CCC1CCCCC1. The Morgan fingerprint density at radius 1 is 1.27 bits per heavy atom. The van der Waals surface area contributed by atoms with Crippen LogP contribution in [0.3, 0.4) is 0 Å². The number of hydrogen-bond acceptors (Lipinski definition) is 1. The summed E-state index contributed by atoms with van der Waals surface area (Å²) in [6.45, 7) is 5.02. The van der Waals surface area contributed by atoms with E-state index in [2.05, 4.69) is 13.0 Å². The van der Waals surface area contributed by atoms with Gasteiger partial charge in [-0.25, -0.2) is 0 Å². The van der Waals surface area contributed by atoms with Gasteiger partial charge >= 0.3 is 0 Å². The van der Waals surface area contributed by atoms with Crippen molar-refractivity contribution in [2.75, 3.05) is 6.61 Å². The molecular weight excluding hydrogens is 184 g/mol. The molecule has 1 heteroatoms. The number of allylic oxidation sites excluding steroid dienone is 1. The lowest BCUT2D eigenvalue weighted by Gasteiger charge is -2.22. The normalized spacial score (nSPS) is 20.9. The summed E-state index contributed by atoms with van der Waals surface area (Å²) in [6, 6.07) is 0. The minimum Gasteiger partial charge on any atom is -0.374 e. The molecule has 0 amide bonds. The largest absolute Gasteiger partial charge is 0.374 e. The molecule has 1 fully saturated rings. The van der Waals surface area contributed by atoms with Crippen LogP contribution in [0.25, 0.3) is 0 Å². The van der Waals surface area contributed by atoms with Gasteiger partial charge in [0, 0.05) is 0 Å². The van der Waals surface area contributed by atoms with Crippen molar-refractivity contribution in [2.45, 2.75) is 64.9 Å². The van der Waals surface area contributed by atoms with E-state index in [0.29, 0.717) is 6.10 Å². The maximum Gasteiger partial charge on any atom is 0.0650 e. The molecule has 0 radical (unpaired) electrons. The summed E-state index contributed by atoms with van der Waals surface area (Å²) in [6.07, 6.45) is 14.5. The Hall–Kier alpha value is -0.300. The van der Waals surface area contributed by atoms with Crippen LogP contribution in [-0.2, 0) is 4.74 Å². The molecule has 0 aromatic rings. The highest BCUT2D eigenvalue weighted by Gasteiger charge is 2.14. The van der Waals surface area contributed by atoms with Gasteiger partial charge in [0.25, 0.3) is 0 Å². The van der Waals surface area contributed by atoms with Crippen LogP contribution in [0.4, 0.5) is 0 Å². The molecule has 88 valence electrons. The van der Waals surface area contributed by atoms with Crippen LogP contribution in [-0.4, -0.2) is 12.7 Å². The van der Waals surface area contributed by atoms with E-state index in [-0.39, 0.29) is 0 Å². The highest BCUT2D eigenvalue weighted by atomic mass is 16.5. The Morgan fingerprint density at radius 3 is 2.67 bits per heavy atom. The molecule has 0 aromatic carbocycles. The van der Waals surface area contributed by atoms with Crippen LogP contribution in [0.2, 0.25) is 0 Å². The molecule has 1 saturated carbocycles. The minimum atomic E-state index is 0.433. The summed E-state index contributed by atoms with van der Waals surface area (Å²) in [5.41, 5.74) is 0. The predicted octanol–water partition coefficient (Wildman–Crippen LogP) is 4.33. The minimum absolute atomic E-state index is 0.433. The zero-order valence-corrected chi connectivity index (χ0v) is 10.4. The van der Waals surface area contributed by atoms with Gasteiger partial charge in [0.15, 0.2) is 0 Å². The molecule has 0 aliphatic heterocycles. The average molecular weight is 210 g/mol. The molecule has 0 heterocycles. The van der Waals surface area contributed by atoms with Gasteiger partial charge in [-0.15, -0.1) is 0 Å². The van der Waals surface area contributed by atoms with E-state index < -0.39 is 0 Å². The Balaban J connectivity index is 2.02. The molecule has 0 N–H and O–H groups in total. The molecule has 1 unspecified atom stereocenters. The van der Waals surface area contributed by atoms with Crippen molar-refractivity contribution in [2.24, 2.45) is 5.92 Å². The number of ether oxygens (including phenoxy) is 1. The summed E-state index contributed by atoms with van der Waals surface area (Å²) in [7, 11) is 0. The van der Waals surface area contributed by atoms with Gasteiger partial charge in [-0.2, -0.15) is 0 Å². The van der Waals surface area contributed by atoms with Crippen molar-refractivity contribution in [3.63, 3.8) is 0 Å². The zero-order chi connectivity index (χ0) is 10.9. The second kappa shape index (κ2) is 7.92. The second-order valence-electron chi connectivity index (χ2n) is 4.79. The molecule has 15 heavy (non-hydrogen) atoms. The Labute approximate surface area is 94.9 Å². The van der Waals surface area contributed by atoms with Gasteiger partial charge in [-0.3, -0.25) is 0 Å². The third-order valence-electron chi connectivity index (χ3n) is 3.42. The molecule has 0 aromatic heterocycles. The molecule has 1 nitrogen and oxygen atoms in total. The lowest BCUT2D eigenvalue weighted by Crippen LogP contribution is -2.13. The molecule has 1 rings (SSSR count). The summed E-state index contributed by atoms with van der Waals surface area (Å²) in [4.78, 5) is 0. The first kappa shape index (κ1) is 12.8. The summed E-state index contributed by atoms with van der Waals surface area (Å²) in [5.74, 6) is 0.992. The first-order chi connectivity index (χ1) is 7.33. The van der Waals surface area contributed by atoms with Gasteiger partial charge in [0.2, 0.25) is 0 Å². The van der Waals surface area contributed by atoms with Crippen molar-refractivity contribution in [3.8, 4) is 0 Å². The fourth-order valence-electron chi connectivity index (χ4n) is 2.35. The van der Waals surface area contributed by atoms with Crippen LogP contribution in [0.15, 0.2) is 12.2 Å². The third kappa shape index (κ3) is 5.99. The van der Waals surface area contributed by atoms with Gasteiger partial charge in [-0.1, -0.05) is 44.3 Å². The van der Waals surface area contributed by atoms with Crippen LogP contribution < -0.4 is 0 Å². The quantitative estimate of drug-likeness (QED) is 0.593. The highest BCUT2D eigenvalue weighted by molar-refractivity contribution is 4.76. The Kier molecular flexibility index (Phi) is 6.74. The van der Waals surface area contributed by atoms with Crippen molar-refractivity contribution in [1.82, 2.24) is 0 Å². The lowest BCUT2D eigenvalue weighted by molar-refractivity contribution is 0.0746. The van der Waals surface area contributed by atoms with Gasteiger partial charge in [-0.05, 0) is 32.6 Å². The topological polar surface area (TPSA) is 9.23 Å².